The molecule has 0 fully saturated rings. The Labute approximate surface area is 194 Å². The van der Waals surface area contributed by atoms with Crippen molar-refractivity contribution < 1.29 is 14.1 Å². The lowest BCUT2D eigenvalue weighted by Crippen LogP contribution is -2.41. The van der Waals surface area contributed by atoms with E-state index in [2.05, 4.69) is 5.32 Å². The summed E-state index contributed by atoms with van der Waals surface area (Å²) in [6, 6.07) is 16.2. The van der Waals surface area contributed by atoms with Crippen molar-refractivity contribution in [3.63, 3.8) is 0 Å². The summed E-state index contributed by atoms with van der Waals surface area (Å²) < 4.78 is 8.67. The third-order valence-electron chi connectivity index (χ3n) is 5.31. The van der Waals surface area contributed by atoms with Gasteiger partial charge in [0.05, 0.1) is 23.2 Å². The molecule has 0 bridgehead atoms. The molecule has 0 radical (unpaired) electrons. The molecular formula is C23H16N4O6S. The highest BCUT2D eigenvalue weighted by Gasteiger charge is 2.21. The number of carbonyl (C=O) groups excluding carboxylic acids is 1. The fraction of sp³-hybridized carbons (Fsp3) is 0.0870. The number of furan rings is 1. The lowest BCUT2D eigenvalue weighted by atomic mass is 10.2. The van der Waals surface area contributed by atoms with E-state index in [1.807, 2.05) is 12.1 Å². The maximum absolute atomic E-state index is 13.4. The zero-order valence-electron chi connectivity index (χ0n) is 17.5. The SMILES string of the molecule is O=C(Cn1c(=O)n(Cc2ccco2)c(=O)c2sc3ccccc3c21)Nc1ccccc1[N+](=O)[O-]. The molecule has 0 saturated heterocycles. The summed E-state index contributed by atoms with van der Waals surface area (Å²) in [6.07, 6.45) is 1.44. The van der Waals surface area contributed by atoms with Crippen LogP contribution in [-0.2, 0) is 17.9 Å². The van der Waals surface area contributed by atoms with Gasteiger partial charge in [-0.1, -0.05) is 30.3 Å². The van der Waals surface area contributed by atoms with E-state index < -0.39 is 28.6 Å². The monoisotopic (exact) mass is 476 g/mol. The van der Waals surface area contributed by atoms with E-state index in [0.29, 0.717) is 21.4 Å². The van der Waals surface area contributed by atoms with Crippen molar-refractivity contribution in [2.45, 2.75) is 13.1 Å². The summed E-state index contributed by atoms with van der Waals surface area (Å²) in [5, 5.41) is 14.5. The maximum atomic E-state index is 13.4. The highest BCUT2D eigenvalue weighted by atomic mass is 32.1. The van der Waals surface area contributed by atoms with Crippen LogP contribution in [0.4, 0.5) is 11.4 Å². The number of para-hydroxylation sites is 2. The predicted octanol–water partition coefficient (Wildman–Crippen LogP) is 3.57. The zero-order valence-corrected chi connectivity index (χ0v) is 18.3. The number of benzene rings is 2. The maximum Gasteiger partial charge on any atom is 0.332 e. The number of fused-ring (bicyclic) bond motifs is 3. The van der Waals surface area contributed by atoms with E-state index in [1.54, 1.807) is 30.3 Å². The number of anilines is 1. The second-order valence-electron chi connectivity index (χ2n) is 7.44. The van der Waals surface area contributed by atoms with E-state index >= 15 is 0 Å². The van der Waals surface area contributed by atoms with Crippen LogP contribution in [0.1, 0.15) is 5.76 Å². The van der Waals surface area contributed by atoms with Crippen LogP contribution in [0.2, 0.25) is 0 Å². The number of nitrogens with one attached hydrogen (secondary N) is 1. The molecule has 2 aromatic carbocycles. The zero-order chi connectivity index (χ0) is 23.8. The fourth-order valence-corrected chi connectivity index (χ4v) is 4.97. The van der Waals surface area contributed by atoms with E-state index in [4.69, 9.17) is 4.42 Å². The van der Waals surface area contributed by atoms with Gasteiger partial charge in [-0.05, 0) is 24.3 Å². The Morgan fingerprint density at radius 1 is 1.03 bits per heavy atom. The van der Waals surface area contributed by atoms with E-state index in [1.165, 1.54) is 40.4 Å². The molecule has 1 N–H and O–H groups in total. The van der Waals surface area contributed by atoms with Gasteiger partial charge in [0.2, 0.25) is 5.91 Å². The number of aromatic nitrogens is 2. The molecule has 5 aromatic rings. The van der Waals surface area contributed by atoms with Crippen molar-refractivity contribution in [3.05, 3.63) is 104 Å². The van der Waals surface area contributed by atoms with Crippen molar-refractivity contribution in [1.29, 1.82) is 0 Å². The molecule has 0 aliphatic carbocycles. The van der Waals surface area contributed by atoms with Crippen LogP contribution in [-0.4, -0.2) is 20.0 Å². The van der Waals surface area contributed by atoms with Crippen molar-refractivity contribution in [3.8, 4) is 0 Å². The van der Waals surface area contributed by atoms with Gasteiger partial charge in [-0.2, -0.15) is 0 Å². The van der Waals surface area contributed by atoms with E-state index in [9.17, 15) is 24.5 Å². The number of carbonyl (C=O) groups is 1. The van der Waals surface area contributed by atoms with Crippen LogP contribution in [0.3, 0.4) is 0 Å². The normalized spacial score (nSPS) is 11.2. The van der Waals surface area contributed by atoms with Gasteiger partial charge >= 0.3 is 5.69 Å². The van der Waals surface area contributed by atoms with Crippen molar-refractivity contribution >= 4 is 48.9 Å². The number of nitro benzene ring substituents is 1. The Kier molecular flexibility index (Phi) is 5.30. The first kappa shape index (κ1) is 21.3. The predicted molar refractivity (Wildman–Crippen MR) is 127 cm³/mol. The van der Waals surface area contributed by atoms with Crippen LogP contribution in [0.15, 0.2) is 80.9 Å². The molecule has 3 aromatic heterocycles. The van der Waals surface area contributed by atoms with Gasteiger partial charge in [0.15, 0.2) is 0 Å². The molecule has 11 heteroatoms. The molecule has 10 nitrogen and oxygen atoms in total. The summed E-state index contributed by atoms with van der Waals surface area (Å²) in [5.41, 5.74) is -1.06. The molecule has 1 amide bonds. The minimum Gasteiger partial charge on any atom is -0.467 e. The molecule has 0 aliphatic rings. The number of rotatable bonds is 6. The summed E-state index contributed by atoms with van der Waals surface area (Å²) >= 11 is 1.23. The van der Waals surface area contributed by atoms with Gasteiger partial charge in [0, 0.05) is 16.2 Å². The van der Waals surface area contributed by atoms with Gasteiger partial charge < -0.3 is 9.73 Å². The molecule has 0 atom stereocenters. The van der Waals surface area contributed by atoms with Gasteiger partial charge in [-0.3, -0.25) is 28.8 Å². The van der Waals surface area contributed by atoms with Crippen molar-refractivity contribution in [2.75, 3.05) is 5.32 Å². The van der Waals surface area contributed by atoms with Gasteiger partial charge in [0.1, 0.15) is 22.7 Å². The molecule has 0 unspecified atom stereocenters. The Morgan fingerprint density at radius 2 is 1.79 bits per heavy atom. The average molecular weight is 476 g/mol. The number of thiophene rings is 1. The van der Waals surface area contributed by atoms with Crippen LogP contribution in [0, 0.1) is 10.1 Å². The summed E-state index contributed by atoms with van der Waals surface area (Å²) in [4.78, 5) is 50.3. The highest BCUT2D eigenvalue weighted by Crippen LogP contribution is 2.31. The molecule has 3 heterocycles. The molecule has 0 saturated carbocycles. The van der Waals surface area contributed by atoms with Crippen molar-refractivity contribution in [2.24, 2.45) is 0 Å². The van der Waals surface area contributed by atoms with Crippen LogP contribution in [0.25, 0.3) is 20.3 Å². The average Bonchev–Trinajstić information content (AvgIpc) is 3.47. The summed E-state index contributed by atoms with van der Waals surface area (Å²) in [7, 11) is 0. The quantitative estimate of drug-likeness (QED) is 0.295. The van der Waals surface area contributed by atoms with Crippen LogP contribution in [0.5, 0.6) is 0 Å². The highest BCUT2D eigenvalue weighted by molar-refractivity contribution is 7.25. The summed E-state index contributed by atoms with van der Waals surface area (Å²) in [5.74, 6) is -0.230. The second-order valence-corrected chi connectivity index (χ2v) is 8.49. The lowest BCUT2D eigenvalue weighted by Gasteiger charge is -2.12. The number of nitrogens with zero attached hydrogens (tertiary/aromatic N) is 3. The third kappa shape index (κ3) is 3.67. The fourth-order valence-electron chi connectivity index (χ4n) is 3.81. The number of hydrogen-bond acceptors (Lipinski definition) is 7. The Morgan fingerprint density at radius 3 is 2.56 bits per heavy atom. The first-order chi connectivity index (χ1) is 16.4. The molecule has 5 rings (SSSR count). The minimum absolute atomic E-state index is 0.0147. The first-order valence-corrected chi connectivity index (χ1v) is 11.0. The standard InChI is InChI=1S/C23H16N4O6S/c28-19(24-16-8-2-3-9-17(16)27(31)32)13-25-20-15-7-1-4-10-18(15)34-21(20)22(29)26(23(25)30)12-14-6-5-11-33-14/h1-11H,12-13H2,(H,24,28). The third-order valence-corrected chi connectivity index (χ3v) is 6.46. The topological polar surface area (TPSA) is 129 Å². The largest absolute Gasteiger partial charge is 0.467 e. The molecule has 0 spiro atoms. The van der Waals surface area contributed by atoms with Gasteiger partial charge in [-0.15, -0.1) is 11.3 Å². The van der Waals surface area contributed by atoms with Gasteiger partial charge in [-0.25, -0.2) is 4.79 Å². The van der Waals surface area contributed by atoms with Crippen LogP contribution >= 0.6 is 11.3 Å². The molecule has 0 aliphatic heterocycles. The Balaban J connectivity index is 1.65. The first-order valence-electron chi connectivity index (χ1n) is 10.1. The molecule has 34 heavy (non-hydrogen) atoms. The smallest absolute Gasteiger partial charge is 0.332 e. The van der Waals surface area contributed by atoms with E-state index in [-0.39, 0.29) is 17.9 Å². The molecular weight excluding hydrogens is 460 g/mol. The molecule has 170 valence electrons. The van der Waals surface area contributed by atoms with Crippen LogP contribution < -0.4 is 16.6 Å². The Hall–Kier alpha value is -4.51. The van der Waals surface area contributed by atoms with Gasteiger partial charge in [0.25, 0.3) is 11.2 Å². The Bertz CT molecular complexity index is 1680. The minimum atomic E-state index is -0.685. The lowest BCUT2D eigenvalue weighted by molar-refractivity contribution is -0.383. The second kappa shape index (κ2) is 8.45. The van der Waals surface area contributed by atoms with E-state index in [0.717, 1.165) is 9.27 Å². The number of nitro groups is 1. The summed E-state index contributed by atoms with van der Waals surface area (Å²) in [6.45, 7) is -0.541. The number of amides is 1. The van der Waals surface area contributed by atoms with Crippen molar-refractivity contribution in [1.82, 2.24) is 9.13 Å². The number of hydrogen-bond donors (Lipinski definition) is 1.